The van der Waals surface area contributed by atoms with Gasteiger partial charge in [0.25, 0.3) is 0 Å². The molecule has 2 aromatic rings. The second-order valence-corrected chi connectivity index (χ2v) is 5.70. The first-order valence-corrected chi connectivity index (χ1v) is 7.55. The van der Waals surface area contributed by atoms with Gasteiger partial charge in [-0.25, -0.2) is 0 Å². The fourth-order valence-electron chi connectivity index (χ4n) is 2.13. The van der Waals surface area contributed by atoms with Crippen molar-refractivity contribution in [3.63, 3.8) is 0 Å². The molecule has 0 saturated heterocycles. The van der Waals surface area contributed by atoms with E-state index in [1.807, 2.05) is 24.3 Å². The molecule has 0 aliphatic heterocycles. The number of ketones is 1. The van der Waals surface area contributed by atoms with Crippen LogP contribution in [-0.2, 0) is 11.2 Å². The van der Waals surface area contributed by atoms with Crippen LogP contribution in [-0.4, -0.2) is 37.0 Å². The zero-order valence-corrected chi connectivity index (χ0v) is 13.7. The summed E-state index contributed by atoms with van der Waals surface area (Å²) >= 11 is 2.92. The summed E-state index contributed by atoms with van der Waals surface area (Å²) in [6.45, 7) is 1.54. The number of nitrogens with one attached hydrogen (secondary N) is 1. The monoisotopic (exact) mass is 361 g/mol. The van der Waals surface area contributed by atoms with E-state index >= 15 is 0 Å². The van der Waals surface area contributed by atoms with Crippen LogP contribution in [0, 0.1) is 0 Å². The predicted molar refractivity (Wildman–Crippen MR) is 87.7 cm³/mol. The molecular formula is C17H15NO3Se. The average molecular weight is 360 g/mol. The van der Waals surface area contributed by atoms with Crippen molar-refractivity contribution < 1.29 is 14.7 Å². The molecule has 0 amide bonds. The predicted octanol–water partition coefficient (Wildman–Crippen LogP) is 2.27. The van der Waals surface area contributed by atoms with Gasteiger partial charge in [-0.15, -0.1) is 0 Å². The van der Waals surface area contributed by atoms with E-state index in [-0.39, 0.29) is 11.3 Å². The number of para-hydroxylation sites is 1. The summed E-state index contributed by atoms with van der Waals surface area (Å²) in [6.07, 6.45) is 0.337. The third kappa shape index (κ3) is 3.91. The molecule has 0 atom stereocenters. The summed E-state index contributed by atoms with van der Waals surface area (Å²) in [5.74, 6) is -0.917. The molecule has 0 bridgehead atoms. The normalized spacial score (nSPS) is 10.0. The minimum absolute atomic E-state index is 0.0752. The van der Waals surface area contributed by atoms with Crippen LogP contribution in [0.2, 0.25) is 0 Å². The van der Waals surface area contributed by atoms with Gasteiger partial charge in [0, 0.05) is 0 Å². The fraction of sp³-hybridized carbons (Fsp3) is 0.118. The van der Waals surface area contributed by atoms with Crippen molar-refractivity contribution in [3.05, 3.63) is 65.2 Å². The van der Waals surface area contributed by atoms with Crippen molar-refractivity contribution in [1.29, 1.82) is 0 Å². The van der Waals surface area contributed by atoms with E-state index in [1.165, 1.54) is 0 Å². The van der Waals surface area contributed by atoms with Crippen LogP contribution >= 0.6 is 0 Å². The average Bonchev–Trinajstić information content (AvgIpc) is 2.47. The maximum atomic E-state index is 11.4. The van der Waals surface area contributed by atoms with Crippen LogP contribution in [0.4, 0.5) is 5.69 Å². The molecule has 4 nitrogen and oxygen atoms in total. The summed E-state index contributed by atoms with van der Waals surface area (Å²) in [7, 11) is 0. The van der Waals surface area contributed by atoms with Gasteiger partial charge in [0.2, 0.25) is 0 Å². The maximum absolute atomic E-state index is 11.4. The first-order valence-electron chi connectivity index (χ1n) is 6.70. The summed E-state index contributed by atoms with van der Waals surface area (Å²) < 4.78 is 0.686. The van der Waals surface area contributed by atoms with Crippen molar-refractivity contribution in [2.45, 2.75) is 13.3 Å². The Kier molecular flexibility index (Phi) is 5.25. The van der Waals surface area contributed by atoms with Gasteiger partial charge in [0.05, 0.1) is 0 Å². The van der Waals surface area contributed by atoms with Crippen LogP contribution in [0.25, 0.3) is 0 Å². The number of Topliss-reactive ketones (excluding diaryl/α,β-unsaturated/α-hetero) is 1. The van der Waals surface area contributed by atoms with Gasteiger partial charge in [-0.05, 0) is 0 Å². The summed E-state index contributed by atoms with van der Waals surface area (Å²) in [5.41, 5.74) is 2.45. The second-order valence-electron chi connectivity index (χ2n) is 4.84. The van der Waals surface area contributed by atoms with Gasteiger partial charge in [0.15, 0.2) is 0 Å². The fourth-order valence-corrected chi connectivity index (χ4v) is 2.78. The van der Waals surface area contributed by atoms with Gasteiger partial charge in [-0.3, -0.25) is 0 Å². The number of benzene rings is 2. The summed E-state index contributed by atoms with van der Waals surface area (Å²) in [5, 5.41) is 12.3. The van der Waals surface area contributed by atoms with E-state index in [0.29, 0.717) is 16.6 Å². The number of anilines is 1. The number of hydrogen-bond acceptors (Lipinski definition) is 3. The first kappa shape index (κ1) is 16.1. The molecule has 0 heterocycles. The molecule has 2 N–H and O–H groups in total. The Balaban J connectivity index is 2.31. The zero-order chi connectivity index (χ0) is 16.1. The molecule has 22 heavy (non-hydrogen) atoms. The van der Waals surface area contributed by atoms with Gasteiger partial charge in [0.1, 0.15) is 0 Å². The number of carboxylic acids is 1. The Bertz CT molecular complexity index is 740. The van der Waals surface area contributed by atoms with Crippen molar-refractivity contribution in [1.82, 2.24) is 0 Å². The molecule has 112 valence electrons. The first-order chi connectivity index (χ1) is 10.5. The van der Waals surface area contributed by atoms with Crippen LogP contribution in [0.5, 0.6) is 0 Å². The van der Waals surface area contributed by atoms with Crippen LogP contribution < -0.4 is 5.32 Å². The molecule has 2 rings (SSSR count). The number of aromatic carboxylic acids is 1. The van der Waals surface area contributed by atoms with E-state index < -0.39 is 5.97 Å². The Labute approximate surface area is 136 Å². The third-order valence-corrected chi connectivity index (χ3v) is 3.78. The van der Waals surface area contributed by atoms with E-state index in [2.05, 4.69) is 20.9 Å². The third-order valence-electron chi connectivity index (χ3n) is 3.11. The number of carboxylic acid groups (broad SMARTS) is 1. The van der Waals surface area contributed by atoms with Crippen LogP contribution in [0.1, 0.15) is 28.4 Å². The molecule has 0 saturated carbocycles. The Morgan fingerprint density at radius 1 is 1.05 bits per heavy atom. The Morgan fingerprint density at radius 3 is 2.27 bits per heavy atom. The molecule has 5 heteroatoms. The topological polar surface area (TPSA) is 66.4 Å². The van der Waals surface area contributed by atoms with E-state index in [1.54, 1.807) is 31.2 Å². The molecular weight excluding hydrogens is 345 g/mol. The Morgan fingerprint density at radius 2 is 1.64 bits per heavy atom. The molecule has 0 unspecified atom stereocenters. The van der Waals surface area contributed by atoms with Crippen LogP contribution in [0.15, 0.2) is 48.5 Å². The van der Waals surface area contributed by atoms with Gasteiger partial charge in [-0.2, -0.15) is 0 Å². The van der Waals surface area contributed by atoms with Gasteiger partial charge < -0.3 is 0 Å². The number of carbonyl (C=O) groups excluding carboxylic acids is 1. The van der Waals surface area contributed by atoms with Crippen molar-refractivity contribution >= 4 is 37.6 Å². The number of hydrogen-bond donors (Lipinski definition) is 2. The molecule has 0 aliphatic rings. The molecule has 2 aromatic carbocycles. The van der Waals surface area contributed by atoms with Gasteiger partial charge in [-0.1, -0.05) is 0 Å². The van der Waals surface area contributed by atoms with Gasteiger partial charge >= 0.3 is 136 Å². The van der Waals surface area contributed by atoms with Crippen LogP contribution in [0.3, 0.4) is 0 Å². The van der Waals surface area contributed by atoms with Crippen molar-refractivity contribution in [2.24, 2.45) is 0 Å². The molecule has 0 aromatic heterocycles. The molecule has 0 aliphatic carbocycles. The standard InChI is InChI=1S/C17H15NO3Se/c1-11(19)10-12-6-2-3-7-13(12)16(22)18-15-9-5-4-8-14(15)17(20)21/h2-9H,10H2,1H3,(H,18,22)(H,20,21). The molecule has 0 fully saturated rings. The van der Waals surface area contributed by atoms with Crippen molar-refractivity contribution in [2.75, 3.05) is 5.32 Å². The van der Waals surface area contributed by atoms with E-state index in [4.69, 9.17) is 0 Å². The van der Waals surface area contributed by atoms with E-state index in [0.717, 1.165) is 11.1 Å². The van der Waals surface area contributed by atoms with E-state index in [9.17, 15) is 14.7 Å². The number of carbonyl (C=O) groups is 2. The molecule has 0 spiro atoms. The quantitative estimate of drug-likeness (QED) is 0.776. The summed E-state index contributed by atoms with van der Waals surface area (Å²) in [6, 6.07) is 14.2. The Hall–Kier alpha value is -2.23. The summed E-state index contributed by atoms with van der Waals surface area (Å²) in [4.78, 5) is 22.6. The molecule has 0 radical (unpaired) electrons. The zero-order valence-electron chi connectivity index (χ0n) is 12.0. The SMILES string of the molecule is CC(=O)Cc1ccccc1C(=[Se])Nc1ccccc1C(=O)O. The second kappa shape index (κ2) is 7.16. The van der Waals surface area contributed by atoms with Crippen molar-refractivity contribution in [3.8, 4) is 0 Å². The number of rotatable bonds is 6. The minimum atomic E-state index is -0.993.